The number of amides is 1. The fraction of sp³-hybridized carbons (Fsp3) is 0.500. The van der Waals surface area contributed by atoms with E-state index in [2.05, 4.69) is 15.2 Å². The van der Waals surface area contributed by atoms with Crippen molar-refractivity contribution in [2.45, 2.75) is 20.4 Å². The molecule has 1 heterocycles. The topological polar surface area (TPSA) is 71.2 Å². The second-order valence-electron chi connectivity index (χ2n) is 3.85. The summed E-state index contributed by atoms with van der Waals surface area (Å²) >= 11 is 0. The lowest BCUT2D eigenvalue weighted by molar-refractivity contribution is -0.122. The number of hydrogen-bond donors (Lipinski definition) is 2. The first-order valence-electron chi connectivity index (χ1n) is 5.85. The van der Waals surface area contributed by atoms with Crippen molar-refractivity contribution in [1.82, 2.24) is 15.2 Å². The number of hydrogen-bond acceptors (Lipinski definition) is 4. The van der Waals surface area contributed by atoms with Crippen LogP contribution in [0.1, 0.15) is 19.4 Å². The molecule has 1 aromatic heterocycles. The zero-order valence-electron chi connectivity index (χ0n) is 10.4. The number of nitrogen functional groups attached to an aromatic ring is 1. The predicted molar refractivity (Wildman–Crippen MR) is 68.3 cm³/mol. The summed E-state index contributed by atoms with van der Waals surface area (Å²) in [5, 5.41) is 2.79. The molecule has 17 heavy (non-hydrogen) atoms. The van der Waals surface area contributed by atoms with Gasteiger partial charge in [0.05, 0.1) is 6.54 Å². The molecule has 94 valence electrons. The number of rotatable bonds is 6. The molecule has 0 bridgehead atoms. The van der Waals surface area contributed by atoms with Crippen molar-refractivity contribution < 1.29 is 4.79 Å². The van der Waals surface area contributed by atoms with E-state index in [1.807, 2.05) is 19.9 Å². The van der Waals surface area contributed by atoms with E-state index in [-0.39, 0.29) is 5.91 Å². The van der Waals surface area contributed by atoms with E-state index >= 15 is 0 Å². The van der Waals surface area contributed by atoms with Crippen LogP contribution >= 0.6 is 0 Å². The van der Waals surface area contributed by atoms with Crippen LogP contribution in [0.15, 0.2) is 18.3 Å². The Hall–Kier alpha value is -1.62. The maximum atomic E-state index is 11.5. The third-order valence-electron chi connectivity index (χ3n) is 2.44. The van der Waals surface area contributed by atoms with Crippen molar-refractivity contribution >= 4 is 11.7 Å². The Morgan fingerprint density at radius 1 is 1.47 bits per heavy atom. The highest BCUT2D eigenvalue weighted by Crippen LogP contribution is 2.05. The minimum Gasteiger partial charge on any atom is -0.384 e. The third-order valence-corrected chi connectivity index (χ3v) is 2.44. The van der Waals surface area contributed by atoms with Crippen LogP contribution in [0, 0.1) is 0 Å². The molecule has 5 heteroatoms. The van der Waals surface area contributed by atoms with E-state index in [0.717, 1.165) is 12.1 Å². The molecule has 0 saturated heterocycles. The Balaban J connectivity index is 2.51. The molecule has 0 aliphatic heterocycles. The molecule has 1 rings (SSSR count). The zero-order valence-corrected chi connectivity index (χ0v) is 10.4. The average molecular weight is 236 g/mol. The predicted octanol–water partition coefficient (Wildman–Crippen LogP) is 0.622. The van der Waals surface area contributed by atoms with Gasteiger partial charge in [-0.1, -0.05) is 13.0 Å². The molecule has 0 aliphatic rings. The van der Waals surface area contributed by atoms with Crippen LogP contribution < -0.4 is 11.1 Å². The smallest absolute Gasteiger partial charge is 0.234 e. The van der Waals surface area contributed by atoms with Crippen LogP contribution in [-0.2, 0) is 11.3 Å². The number of carbonyl (C=O) groups excluding carboxylic acids is 1. The first-order chi connectivity index (χ1) is 8.15. The van der Waals surface area contributed by atoms with E-state index in [1.54, 1.807) is 12.3 Å². The van der Waals surface area contributed by atoms with Crippen LogP contribution in [0.4, 0.5) is 5.82 Å². The molecule has 5 nitrogen and oxygen atoms in total. The summed E-state index contributed by atoms with van der Waals surface area (Å²) < 4.78 is 0. The van der Waals surface area contributed by atoms with Crippen molar-refractivity contribution in [2.24, 2.45) is 0 Å². The third kappa shape index (κ3) is 4.82. The summed E-state index contributed by atoms with van der Waals surface area (Å²) in [6, 6.07) is 3.71. The molecule has 0 aromatic carbocycles. The average Bonchev–Trinajstić information content (AvgIpc) is 2.31. The first kappa shape index (κ1) is 13.4. The molecule has 0 unspecified atom stereocenters. The van der Waals surface area contributed by atoms with Crippen LogP contribution in [0.5, 0.6) is 0 Å². The van der Waals surface area contributed by atoms with Crippen molar-refractivity contribution in [3.63, 3.8) is 0 Å². The Bertz CT molecular complexity index is 350. The van der Waals surface area contributed by atoms with Gasteiger partial charge in [-0.3, -0.25) is 9.69 Å². The van der Waals surface area contributed by atoms with Crippen LogP contribution in [0.2, 0.25) is 0 Å². The number of anilines is 1. The number of carbonyl (C=O) groups is 1. The minimum atomic E-state index is 0.0535. The number of nitrogens with one attached hydrogen (secondary N) is 1. The normalized spacial score (nSPS) is 10.5. The van der Waals surface area contributed by atoms with Gasteiger partial charge in [0.2, 0.25) is 5.91 Å². The van der Waals surface area contributed by atoms with E-state index in [1.165, 1.54) is 0 Å². The molecule has 0 saturated carbocycles. The molecule has 0 fully saturated rings. The van der Waals surface area contributed by atoms with E-state index in [9.17, 15) is 4.79 Å². The van der Waals surface area contributed by atoms with Crippen molar-refractivity contribution in [2.75, 3.05) is 25.4 Å². The Labute approximate surface area is 102 Å². The minimum absolute atomic E-state index is 0.0535. The quantitative estimate of drug-likeness (QED) is 0.759. The Morgan fingerprint density at radius 3 is 2.76 bits per heavy atom. The van der Waals surface area contributed by atoms with Gasteiger partial charge in [-0.25, -0.2) is 4.98 Å². The number of aromatic nitrogens is 1. The summed E-state index contributed by atoms with van der Waals surface area (Å²) in [4.78, 5) is 17.6. The molecular weight excluding hydrogens is 216 g/mol. The number of pyridine rings is 1. The SMILES string of the molecule is CCNC(=O)CN(CC)Cc1ccc(N)nc1. The van der Waals surface area contributed by atoms with Crippen LogP contribution in [-0.4, -0.2) is 35.4 Å². The summed E-state index contributed by atoms with van der Waals surface area (Å²) in [5.41, 5.74) is 6.58. The van der Waals surface area contributed by atoms with E-state index < -0.39 is 0 Å². The molecular formula is C12H20N4O. The first-order valence-corrected chi connectivity index (χ1v) is 5.85. The number of nitrogens with zero attached hydrogens (tertiary/aromatic N) is 2. The lowest BCUT2D eigenvalue weighted by Gasteiger charge is -2.19. The fourth-order valence-electron chi connectivity index (χ4n) is 1.52. The van der Waals surface area contributed by atoms with Crippen LogP contribution in [0.25, 0.3) is 0 Å². The van der Waals surface area contributed by atoms with Crippen molar-refractivity contribution in [1.29, 1.82) is 0 Å². The summed E-state index contributed by atoms with van der Waals surface area (Å²) in [5.74, 6) is 0.568. The monoisotopic (exact) mass is 236 g/mol. The second-order valence-corrected chi connectivity index (χ2v) is 3.85. The highest BCUT2D eigenvalue weighted by Gasteiger charge is 2.08. The number of likely N-dealkylation sites (N-methyl/N-ethyl adjacent to an activating group) is 2. The second kappa shape index (κ2) is 6.85. The summed E-state index contributed by atoms with van der Waals surface area (Å²) in [6.07, 6.45) is 1.75. The molecule has 1 amide bonds. The molecule has 0 atom stereocenters. The Kier molecular flexibility index (Phi) is 5.42. The fourth-order valence-corrected chi connectivity index (χ4v) is 1.52. The molecule has 0 radical (unpaired) electrons. The standard InChI is InChI=1S/C12H20N4O/c1-3-14-12(17)9-16(4-2)8-10-5-6-11(13)15-7-10/h5-7H,3-4,8-9H2,1-2H3,(H2,13,15)(H,14,17). The van der Waals surface area contributed by atoms with E-state index in [0.29, 0.717) is 25.5 Å². The molecule has 0 spiro atoms. The van der Waals surface area contributed by atoms with Gasteiger partial charge in [0, 0.05) is 19.3 Å². The summed E-state index contributed by atoms with van der Waals surface area (Å²) in [6.45, 7) is 6.55. The maximum Gasteiger partial charge on any atom is 0.234 e. The van der Waals surface area contributed by atoms with Gasteiger partial charge in [-0.15, -0.1) is 0 Å². The lowest BCUT2D eigenvalue weighted by Crippen LogP contribution is -2.36. The van der Waals surface area contributed by atoms with Crippen molar-refractivity contribution in [3.8, 4) is 0 Å². The van der Waals surface area contributed by atoms with Crippen LogP contribution in [0.3, 0.4) is 0 Å². The molecule has 0 aliphatic carbocycles. The van der Waals surface area contributed by atoms with Gasteiger partial charge in [0.15, 0.2) is 0 Å². The van der Waals surface area contributed by atoms with Gasteiger partial charge >= 0.3 is 0 Å². The molecule has 3 N–H and O–H groups in total. The highest BCUT2D eigenvalue weighted by atomic mass is 16.2. The maximum absolute atomic E-state index is 11.5. The van der Waals surface area contributed by atoms with Gasteiger partial charge < -0.3 is 11.1 Å². The van der Waals surface area contributed by atoms with E-state index in [4.69, 9.17) is 5.73 Å². The summed E-state index contributed by atoms with van der Waals surface area (Å²) in [7, 11) is 0. The zero-order chi connectivity index (χ0) is 12.7. The Morgan fingerprint density at radius 2 is 2.24 bits per heavy atom. The largest absolute Gasteiger partial charge is 0.384 e. The highest BCUT2D eigenvalue weighted by molar-refractivity contribution is 5.77. The molecule has 1 aromatic rings. The van der Waals surface area contributed by atoms with Gasteiger partial charge in [-0.05, 0) is 25.1 Å². The van der Waals surface area contributed by atoms with Crippen molar-refractivity contribution in [3.05, 3.63) is 23.9 Å². The lowest BCUT2D eigenvalue weighted by atomic mass is 10.2. The van der Waals surface area contributed by atoms with Gasteiger partial charge in [0.1, 0.15) is 5.82 Å². The number of nitrogens with two attached hydrogens (primary N) is 1. The van der Waals surface area contributed by atoms with Gasteiger partial charge in [0.25, 0.3) is 0 Å². The van der Waals surface area contributed by atoms with Gasteiger partial charge in [-0.2, -0.15) is 0 Å².